The topological polar surface area (TPSA) is 46.2 Å². The molecule has 8 heavy (non-hydrogen) atoms. The van der Waals surface area contributed by atoms with Gasteiger partial charge in [-0.25, -0.2) is 0 Å². The maximum absolute atomic E-state index is 10.0. The first-order valence-corrected chi connectivity index (χ1v) is 1.82. The molecular formula is C4H4INO2. The number of nitrogens with one attached hydrogen (secondary N) is 1. The van der Waals surface area contributed by atoms with E-state index in [1.54, 1.807) is 0 Å². The number of hydrogen-bond donors (Lipinski definition) is 1. The fourth-order valence-electron chi connectivity index (χ4n) is 0.356. The number of carbonyl (C=O) groups excluding carboxylic acids is 2. The van der Waals surface area contributed by atoms with Gasteiger partial charge in [0.2, 0.25) is 0 Å². The van der Waals surface area contributed by atoms with Crippen molar-refractivity contribution in [2.45, 2.75) is 0 Å². The van der Waals surface area contributed by atoms with E-state index in [1.165, 1.54) is 12.2 Å². The summed E-state index contributed by atoms with van der Waals surface area (Å²) >= 11 is 0. The molecule has 0 fully saturated rings. The van der Waals surface area contributed by atoms with Crippen molar-refractivity contribution in [3.8, 4) is 0 Å². The van der Waals surface area contributed by atoms with Gasteiger partial charge < -0.3 is 0 Å². The standard InChI is InChI=1S/C4H3NO2.HI/c6-3-1-2-4(7)5-3;/h1-2H,(H,5,6,7);1H. The molecule has 0 atom stereocenters. The Hall–Kier alpha value is -0.390. The van der Waals surface area contributed by atoms with Gasteiger partial charge in [0, 0.05) is 12.2 Å². The first-order valence-electron chi connectivity index (χ1n) is 1.82. The lowest BCUT2D eigenvalue weighted by Gasteiger charge is -1.80. The maximum atomic E-state index is 10.0. The molecule has 1 aliphatic heterocycles. The average Bonchev–Trinajstić information content (AvgIpc) is 1.87. The molecular weight excluding hydrogens is 221 g/mol. The van der Waals surface area contributed by atoms with Crippen LogP contribution in [0.15, 0.2) is 12.2 Å². The molecule has 0 radical (unpaired) electrons. The third-order valence-electron chi connectivity index (χ3n) is 0.632. The zero-order chi connectivity index (χ0) is 5.28. The van der Waals surface area contributed by atoms with Crippen molar-refractivity contribution in [3.05, 3.63) is 12.2 Å². The molecule has 0 bridgehead atoms. The van der Waals surface area contributed by atoms with E-state index >= 15 is 0 Å². The molecule has 0 saturated carbocycles. The van der Waals surface area contributed by atoms with Gasteiger partial charge >= 0.3 is 0 Å². The highest BCUT2D eigenvalue weighted by atomic mass is 127. The van der Waals surface area contributed by atoms with Crippen LogP contribution in [0.5, 0.6) is 0 Å². The largest absolute Gasteiger partial charge is 0.289 e. The van der Waals surface area contributed by atoms with Crippen molar-refractivity contribution in [1.29, 1.82) is 0 Å². The van der Waals surface area contributed by atoms with Gasteiger partial charge in [-0.05, 0) is 0 Å². The number of carbonyl (C=O) groups is 2. The Morgan fingerprint density at radius 2 is 1.50 bits per heavy atom. The molecule has 0 aromatic rings. The first-order chi connectivity index (χ1) is 3.29. The zero-order valence-electron chi connectivity index (χ0n) is 3.88. The Morgan fingerprint density at radius 3 is 1.62 bits per heavy atom. The predicted octanol–water partition coefficient (Wildman–Crippen LogP) is -0.183. The van der Waals surface area contributed by atoms with Crippen LogP contribution in [-0.2, 0) is 9.59 Å². The maximum Gasteiger partial charge on any atom is 0.250 e. The summed E-state index contributed by atoms with van der Waals surface area (Å²) in [5, 5.41) is 2.03. The van der Waals surface area contributed by atoms with Crippen molar-refractivity contribution in [1.82, 2.24) is 5.32 Å². The Labute approximate surface area is 63.2 Å². The Balaban J connectivity index is 0.000000490. The molecule has 1 aliphatic rings. The van der Waals surface area contributed by atoms with Crippen LogP contribution in [-0.4, -0.2) is 11.8 Å². The molecule has 44 valence electrons. The lowest BCUT2D eigenvalue weighted by molar-refractivity contribution is -0.123. The summed E-state index contributed by atoms with van der Waals surface area (Å²) in [7, 11) is 0. The molecule has 0 spiro atoms. The normalized spacial score (nSPS) is 15.5. The average molecular weight is 225 g/mol. The smallest absolute Gasteiger partial charge is 0.250 e. The highest BCUT2D eigenvalue weighted by Crippen LogP contribution is 1.82. The van der Waals surface area contributed by atoms with Crippen LogP contribution < -0.4 is 5.32 Å². The quantitative estimate of drug-likeness (QED) is 0.459. The van der Waals surface area contributed by atoms with Gasteiger partial charge in [-0.1, -0.05) is 0 Å². The van der Waals surface area contributed by atoms with Crippen LogP contribution in [0, 0.1) is 0 Å². The van der Waals surface area contributed by atoms with Crippen molar-refractivity contribution >= 4 is 35.8 Å². The van der Waals surface area contributed by atoms with Crippen LogP contribution in [0.2, 0.25) is 0 Å². The monoisotopic (exact) mass is 225 g/mol. The fraction of sp³-hybridized carbons (Fsp3) is 0. The second kappa shape index (κ2) is 2.81. The Morgan fingerprint density at radius 1 is 1.12 bits per heavy atom. The summed E-state index contributed by atoms with van der Waals surface area (Å²) in [5.41, 5.74) is 0. The summed E-state index contributed by atoms with van der Waals surface area (Å²) in [6.07, 6.45) is 2.39. The van der Waals surface area contributed by atoms with E-state index < -0.39 is 0 Å². The lowest BCUT2D eigenvalue weighted by Crippen LogP contribution is -2.19. The van der Waals surface area contributed by atoms with E-state index in [1.807, 2.05) is 5.32 Å². The molecule has 4 heteroatoms. The highest BCUT2D eigenvalue weighted by Gasteiger charge is 2.06. The zero-order valence-corrected chi connectivity index (χ0v) is 6.21. The molecule has 1 rings (SSSR count). The van der Waals surface area contributed by atoms with E-state index in [0.717, 1.165) is 0 Å². The third-order valence-corrected chi connectivity index (χ3v) is 0.632. The number of amides is 2. The van der Waals surface area contributed by atoms with Gasteiger partial charge in [-0.2, -0.15) is 0 Å². The van der Waals surface area contributed by atoms with E-state index in [2.05, 4.69) is 0 Å². The van der Waals surface area contributed by atoms with Crippen LogP contribution in [0.25, 0.3) is 0 Å². The Kier molecular flexibility index (Phi) is 2.67. The molecule has 1 heterocycles. The minimum Gasteiger partial charge on any atom is -0.289 e. The summed E-state index contributed by atoms with van der Waals surface area (Å²) in [6.45, 7) is 0. The van der Waals surface area contributed by atoms with Gasteiger partial charge in [0.1, 0.15) is 0 Å². The van der Waals surface area contributed by atoms with Crippen LogP contribution in [0.3, 0.4) is 0 Å². The first kappa shape index (κ1) is 7.61. The fourth-order valence-corrected chi connectivity index (χ4v) is 0.356. The van der Waals surface area contributed by atoms with Gasteiger partial charge in [-0.15, -0.1) is 24.0 Å². The minimum absolute atomic E-state index is 0. The summed E-state index contributed by atoms with van der Waals surface area (Å²) in [5.74, 6) is -0.657. The SMILES string of the molecule is I.O=C1C=CC(=O)N1. The van der Waals surface area contributed by atoms with Crippen molar-refractivity contribution in [2.24, 2.45) is 0 Å². The highest BCUT2D eigenvalue weighted by molar-refractivity contribution is 14.0. The predicted molar refractivity (Wildman–Crippen MR) is 37.7 cm³/mol. The second-order valence-corrected chi connectivity index (χ2v) is 1.19. The lowest BCUT2D eigenvalue weighted by atomic mass is 10.6. The van der Waals surface area contributed by atoms with Gasteiger partial charge in [-0.3, -0.25) is 14.9 Å². The molecule has 0 saturated heterocycles. The molecule has 0 unspecified atom stereocenters. The number of rotatable bonds is 0. The van der Waals surface area contributed by atoms with E-state index in [4.69, 9.17) is 0 Å². The molecule has 3 nitrogen and oxygen atoms in total. The van der Waals surface area contributed by atoms with Crippen molar-refractivity contribution in [3.63, 3.8) is 0 Å². The van der Waals surface area contributed by atoms with Gasteiger partial charge in [0.05, 0.1) is 0 Å². The Bertz CT molecular complexity index is 136. The third kappa shape index (κ3) is 1.61. The van der Waals surface area contributed by atoms with Gasteiger partial charge in [0.25, 0.3) is 11.8 Å². The number of halogens is 1. The summed E-state index contributed by atoms with van der Waals surface area (Å²) in [4.78, 5) is 20.1. The van der Waals surface area contributed by atoms with Crippen LogP contribution >= 0.6 is 24.0 Å². The van der Waals surface area contributed by atoms with Crippen LogP contribution in [0.1, 0.15) is 0 Å². The van der Waals surface area contributed by atoms with Crippen LogP contribution in [0.4, 0.5) is 0 Å². The van der Waals surface area contributed by atoms with Crippen molar-refractivity contribution < 1.29 is 9.59 Å². The summed E-state index contributed by atoms with van der Waals surface area (Å²) < 4.78 is 0. The molecule has 0 aliphatic carbocycles. The molecule has 0 aromatic carbocycles. The number of imide groups is 1. The second-order valence-electron chi connectivity index (χ2n) is 1.19. The molecule has 2 amide bonds. The van der Waals surface area contributed by atoms with Crippen molar-refractivity contribution in [2.75, 3.05) is 0 Å². The minimum atomic E-state index is -0.329. The van der Waals surface area contributed by atoms with E-state index in [-0.39, 0.29) is 35.8 Å². The van der Waals surface area contributed by atoms with Gasteiger partial charge in [0.15, 0.2) is 0 Å². The molecule has 1 N–H and O–H groups in total. The van der Waals surface area contributed by atoms with E-state index in [9.17, 15) is 9.59 Å². The summed E-state index contributed by atoms with van der Waals surface area (Å²) in [6, 6.07) is 0. The molecule has 0 aromatic heterocycles. The number of hydrogen-bond acceptors (Lipinski definition) is 2. The van der Waals surface area contributed by atoms with E-state index in [0.29, 0.717) is 0 Å².